The van der Waals surface area contributed by atoms with E-state index in [0.717, 1.165) is 5.75 Å². The van der Waals surface area contributed by atoms with Crippen molar-refractivity contribution in [1.82, 2.24) is 0 Å². The number of Topliss-reactive ketones (excluding diaryl/α,β-unsaturated/α-hetero) is 1. The number of rotatable bonds is 5. The summed E-state index contributed by atoms with van der Waals surface area (Å²) in [7, 11) is 0. The minimum atomic E-state index is -0.465. The Morgan fingerprint density at radius 2 is 1.73 bits per heavy atom. The minimum Gasteiger partial charge on any atom is -0.494 e. The third-order valence-corrected chi connectivity index (χ3v) is 3.74. The van der Waals surface area contributed by atoms with Gasteiger partial charge in [-0.2, -0.15) is 0 Å². The van der Waals surface area contributed by atoms with Gasteiger partial charge in [0.25, 0.3) is 11.7 Å². The molecule has 0 atom stereocenters. The normalized spacial score (nSPS) is 13.4. The highest BCUT2D eigenvalue weighted by Gasteiger charge is 2.34. The second-order valence-corrected chi connectivity index (χ2v) is 5.40. The molecule has 2 aromatic carbocycles. The molecule has 3 rings (SSSR count). The lowest BCUT2D eigenvalue weighted by Crippen LogP contribution is -2.31. The van der Waals surface area contributed by atoms with Gasteiger partial charge in [0.2, 0.25) is 0 Å². The molecule has 5 heteroatoms. The van der Waals surface area contributed by atoms with Crippen molar-refractivity contribution in [1.29, 1.82) is 0 Å². The van der Waals surface area contributed by atoms with Crippen molar-refractivity contribution in [3.05, 3.63) is 59.1 Å². The molecule has 112 valence electrons. The maximum absolute atomic E-state index is 12.0. The van der Waals surface area contributed by atoms with Crippen molar-refractivity contribution in [2.24, 2.45) is 0 Å². The summed E-state index contributed by atoms with van der Waals surface area (Å²) in [6, 6.07) is 14.2. The number of nitrogens with zero attached hydrogens (tertiary/aromatic N) is 1. The van der Waals surface area contributed by atoms with E-state index in [2.05, 4.69) is 0 Å². The molecule has 0 radical (unpaired) electrons. The van der Waals surface area contributed by atoms with E-state index in [4.69, 9.17) is 16.3 Å². The molecule has 0 spiro atoms. The van der Waals surface area contributed by atoms with Crippen molar-refractivity contribution < 1.29 is 14.3 Å². The SMILES string of the molecule is O=C1C(=O)N(CCCOc2ccc(Cl)cc2)c2ccccc21. The van der Waals surface area contributed by atoms with Crippen molar-refractivity contribution in [2.75, 3.05) is 18.1 Å². The molecule has 0 fully saturated rings. The highest BCUT2D eigenvalue weighted by Crippen LogP contribution is 2.28. The summed E-state index contributed by atoms with van der Waals surface area (Å²) in [6.07, 6.45) is 0.635. The van der Waals surface area contributed by atoms with Gasteiger partial charge in [-0.05, 0) is 42.8 Å². The Morgan fingerprint density at radius 1 is 1.00 bits per heavy atom. The van der Waals surface area contributed by atoms with Crippen LogP contribution in [0.2, 0.25) is 5.02 Å². The topological polar surface area (TPSA) is 46.6 Å². The first-order chi connectivity index (χ1) is 10.7. The molecule has 22 heavy (non-hydrogen) atoms. The average Bonchev–Trinajstić information content (AvgIpc) is 2.78. The molecule has 0 aliphatic carbocycles. The van der Waals surface area contributed by atoms with Gasteiger partial charge in [0.1, 0.15) is 5.75 Å². The molecule has 1 aliphatic rings. The molecule has 2 aromatic rings. The minimum absolute atomic E-state index is 0.436. The van der Waals surface area contributed by atoms with Crippen LogP contribution in [-0.4, -0.2) is 24.8 Å². The molecule has 0 bridgehead atoms. The van der Waals surface area contributed by atoms with Crippen LogP contribution in [0.15, 0.2) is 48.5 Å². The summed E-state index contributed by atoms with van der Waals surface area (Å²) in [5.74, 6) is -0.171. The molecule has 1 heterocycles. The monoisotopic (exact) mass is 315 g/mol. The standard InChI is InChI=1S/C17H14ClNO3/c18-12-6-8-13(9-7-12)22-11-3-10-19-15-5-2-1-4-14(15)16(20)17(19)21/h1-2,4-9H,3,10-11H2. The van der Waals surface area contributed by atoms with E-state index in [1.165, 1.54) is 4.90 Å². The first-order valence-electron chi connectivity index (χ1n) is 7.00. The lowest BCUT2D eigenvalue weighted by Gasteiger charge is -2.16. The van der Waals surface area contributed by atoms with Crippen molar-refractivity contribution in [3.63, 3.8) is 0 Å². The van der Waals surface area contributed by atoms with E-state index in [1.54, 1.807) is 42.5 Å². The Hall–Kier alpha value is -2.33. The van der Waals surface area contributed by atoms with Gasteiger partial charge in [0.15, 0.2) is 0 Å². The lowest BCUT2D eigenvalue weighted by molar-refractivity contribution is -0.114. The zero-order valence-corrected chi connectivity index (χ0v) is 12.5. The Morgan fingerprint density at radius 3 is 2.50 bits per heavy atom. The van der Waals surface area contributed by atoms with Crippen LogP contribution in [0.3, 0.4) is 0 Å². The lowest BCUT2D eigenvalue weighted by atomic mass is 10.1. The number of carbonyl (C=O) groups excluding carboxylic acids is 2. The predicted octanol–water partition coefficient (Wildman–Crippen LogP) is 3.34. The molecule has 0 saturated carbocycles. The van der Waals surface area contributed by atoms with Crippen LogP contribution in [0.4, 0.5) is 5.69 Å². The van der Waals surface area contributed by atoms with Gasteiger partial charge < -0.3 is 9.64 Å². The van der Waals surface area contributed by atoms with Gasteiger partial charge >= 0.3 is 0 Å². The Bertz CT molecular complexity index is 712. The quantitative estimate of drug-likeness (QED) is 0.628. The number of amides is 1. The molecule has 0 unspecified atom stereocenters. The smallest absolute Gasteiger partial charge is 0.299 e. The first-order valence-corrected chi connectivity index (χ1v) is 7.38. The highest BCUT2D eigenvalue weighted by atomic mass is 35.5. The summed E-state index contributed by atoms with van der Waals surface area (Å²) in [6.45, 7) is 0.914. The molecule has 1 aliphatic heterocycles. The largest absolute Gasteiger partial charge is 0.494 e. The van der Waals surface area contributed by atoms with Gasteiger partial charge in [0, 0.05) is 11.6 Å². The molecule has 0 aromatic heterocycles. The fourth-order valence-electron chi connectivity index (χ4n) is 2.41. The number of ketones is 1. The number of benzene rings is 2. The van der Waals surface area contributed by atoms with Gasteiger partial charge in [-0.15, -0.1) is 0 Å². The predicted molar refractivity (Wildman–Crippen MR) is 84.7 cm³/mol. The fourth-order valence-corrected chi connectivity index (χ4v) is 2.54. The number of hydrogen-bond donors (Lipinski definition) is 0. The Labute approximate surface area is 133 Å². The van der Waals surface area contributed by atoms with Gasteiger partial charge in [-0.25, -0.2) is 0 Å². The molecular formula is C17H14ClNO3. The summed E-state index contributed by atoms with van der Waals surface area (Å²) < 4.78 is 5.59. The van der Waals surface area contributed by atoms with Crippen LogP contribution in [0.25, 0.3) is 0 Å². The maximum Gasteiger partial charge on any atom is 0.299 e. The summed E-state index contributed by atoms with van der Waals surface area (Å²) >= 11 is 5.81. The number of anilines is 1. The van der Waals surface area contributed by atoms with Crippen LogP contribution in [0.5, 0.6) is 5.75 Å². The molecule has 0 saturated heterocycles. The van der Waals surface area contributed by atoms with E-state index < -0.39 is 11.7 Å². The second-order valence-electron chi connectivity index (χ2n) is 4.96. The van der Waals surface area contributed by atoms with Crippen LogP contribution >= 0.6 is 11.6 Å². The number of para-hydroxylation sites is 1. The molecule has 4 nitrogen and oxygen atoms in total. The number of fused-ring (bicyclic) bond motifs is 1. The van der Waals surface area contributed by atoms with Gasteiger partial charge in [-0.1, -0.05) is 23.7 Å². The third kappa shape index (κ3) is 2.83. The molecular weight excluding hydrogens is 302 g/mol. The summed E-state index contributed by atoms with van der Waals surface area (Å²) in [4.78, 5) is 25.4. The second kappa shape index (κ2) is 6.20. The van der Waals surface area contributed by atoms with Crippen LogP contribution in [-0.2, 0) is 4.79 Å². The number of ether oxygens (including phenoxy) is 1. The number of hydrogen-bond acceptors (Lipinski definition) is 3. The van der Waals surface area contributed by atoms with E-state index in [9.17, 15) is 9.59 Å². The Balaban J connectivity index is 1.57. The number of halogens is 1. The molecule has 1 amide bonds. The number of carbonyl (C=O) groups is 2. The van der Waals surface area contributed by atoms with E-state index in [1.807, 2.05) is 6.07 Å². The average molecular weight is 316 g/mol. The van der Waals surface area contributed by atoms with E-state index in [0.29, 0.717) is 35.8 Å². The highest BCUT2D eigenvalue weighted by molar-refractivity contribution is 6.52. The Kier molecular flexibility index (Phi) is 4.11. The molecule has 0 N–H and O–H groups in total. The van der Waals surface area contributed by atoms with Crippen molar-refractivity contribution in [3.8, 4) is 5.75 Å². The van der Waals surface area contributed by atoms with Gasteiger partial charge in [0.05, 0.1) is 17.9 Å². The zero-order valence-electron chi connectivity index (χ0n) is 11.8. The van der Waals surface area contributed by atoms with Crippen LogP contribution in [0, 0.1) is 0 Å². The first kappa shape index (κ1) is 14.6. The van der Waals surface area contributed by atoms with Crippen molar-refractivity contribution in [2.45, 2.75) is 6.42 Å². The van der Waals surface area contributed by atoms with Crippen LogP contribution < -0.4 is 9.64 Å². The summed E-state index contributed by atoms with van der Waals surface area (Å²) in [5, 5.41) is 0.658. The summed E-state index contributed by atoms with van der Waals surface area (Å²) in [5.41, 5.74) is 1.16. The van der Waals surface area contributed by atoms with E-state index in [-0.39, 0.29) is 0 Å². The zero-order chi connectivity index (χ0) is 15.5. The van der Waals surface area contributed by atoms with E-state index >= 15 is 0 Å². The van der Waals surface area contributed by atoms with Gasteiger partial charge in [-0.3, -0.25) is 9.59 Å². The maximum atomic E-state index is 12.0. The van der Waals surface area contributed by atoms with Crippen LogP contribution in [0.1, 0.15) is 16.8 Å². The fraction of sp³-hybridized carbons (Fsp3) is 0.176. The van der Waals surface area contributed by atoms with Crippen molar-refractivity contribution >= 4 is 29.0 Å². The third-order valence-electron chi connectivity index (χ3n) is 3.49.